The maximum Gasteiger partial charge on any atom is 0.275 e. The van der Waals surface area contributed by atoms with Gasteiger partial charge in [0.25, 0.3) is 5.91 Å². The quantitative estimate of drug-likeness (QED) is 0.458. The Balaban J connectivity index is 1.36. The van der Waals surface area contributed by atoms with Crippen molar-refractivity contribution in [2.45, 2.75) is 51.1 Å². The average Bonchev–Trinajstić information content (AvgIpc) is 3.37. The van der Waals surface area contributed by atoms with Crippen LogP contribution < -0.4 is 5.32 Å². The van der Waals surface area contributed by atoms with Crippen LogP contribution in [0.2, 0.25) is 5.02 Å². The van der Waals surface area contributed by atoms with Crippen LogP contribution in [-0.4, -0.2) is 74.2 Å². The highest BCUT2D eigenvalue weighted by atomic mass is 35.5. The lowest BCUT2D eigenvalue weighted by molar-refractivity contribution is 0.0621. The van der Waals surface area contributed by atoms with Crippen LogP contribution in [0.3, 0.4) is 0 Å². The molecule has 37 heavy (non-hydrogen) atoms. The van der Waals surface area contributed by atoms with Gasteiger partial charge >= 0.3 is 0 Å². The number of hydrogen-bond acceptors (Lipinski definition) is 6. The molecule has 0 radical (unpaired) electrons. The number of hydrogen-bond donors (Lipinski definition) is 1. The number of likely N-dealkylation sites (tertiary alicyclic amines) is 2. The molecular weight excluding hydrogens is 493 g/mol. The Labute approximate surface area is 221 Å². The van der Waals surface area contributed by atoms with Crippen LogP contribution in [0, 0.1) is 5.82 Å². The highest BCUT2D eigenvalue weighted by Gasteiger charge is 2.31. The van der Waals surface area contributed by atoms with Crippen molar-refractivity contribution in [3.05, 3.63) is 59.4 Å². The summed E-state index contributed by atoms with van der Waals surface area (Å²) >= 11 is 5.90. The molecule has 1 aromatic carbocycles. The summed E-state index contributed by atoms with van der Waals surface area (Å²) in [5.74, 6) is 0.0802. The maximum atomic E-state index is 13.9. The van der Waals surface area contributed by atoms with E-state index in [4.69, 9.17) is 16.7 Å². The molecule has 196 valence electrons. The van der Waals surface area contributed by atoms with Crippen molar-refractivity contribution >= 4 is 23.5 Å². The highest BCUT2D eigenvalue weighted by Crippen LogP contribution is 2.27. The number of carbonyl (C=O) groups excluding carboxylic acids is 1. The summed E-state index contributed by atoms with van der Waals surface area (Å²) in [6.07, 6.45) is 11.7. The number of nitrogens with one attached hydrogen (secondary N) is 1. The van der Waals surface area contributed by atoms with E-state index in [1.165, 1.54) is 31.4 Å². The van der Waals surface area contributed by atoms with Crippen LogP contribution in [0.4, 0.5) is 10.3 Å². The molecule has 2 aliphatic rings. The molecule has 1 N–H and O–H groups in total. The molecule has 0 bridgehead atoms. The van der Waals surface area contributed by atoms with Crippen LogP contribution >= 0.6 is 11.6 Å². The lowest BCUT2D eigenvalue weighted by Crippen LogP contribution is -2.47. The number of piperidine rings is 2. The summed E-state index contributed by atoms with van der Waals surface area (Å²) in [4.78, 5) is 26.7. The van der Waals surface area contributed by atoms with E-state index in [0.717, 1.165) is 50.0 Å². The molecule has 2 aliphatic heterocycles. The minimum absolute atomic E-state index is 0.0138. The molecule has 10 heteroatoms. The molecule has 2 aromatic heterocycles. The molecule has 1 unspecified atom stereocenters. The van der Waals surface area contributed by atoms with Crippen LogP contribution in [0.1, 0.15) is 49.0 Å². The molecular formula is C27H33ClFN7O. The predicted octanol–water partition coefficient (Wildman–Crippen LogP) is 4.73. The third-order valence-corrected chi connectivity index (χ3v) is 7.41. The number of nitrogens with zero attached hydrogens (tertiary/aromatic N) is 6. The molecule has 1 amide bonds. The monoisotopic (exact) mass is 525 g/mol. The summed E-state index contributed by atoms with van der Waals surface area (Å²) in [7, 11) is 0. The molecule has 0 aliphatic carbocycles. The summed E-state index contributed by atoms with van der Waals surface area (Å²) < 4.78 is 15.5. The van der Waals surface area contributed by atoms with Gasteiger partial charge in [0.1, 0.15) is 5.82 Å². The van der Waals surface area contributed by atoms with Gasteiger partial charge in [0.2, 0.25) is 5.95 Å². The number of amides is 1. The van der Waals surface area contributed by atoms with Gasteiger partial charge in [-0.2, -0.15) is 5.10 Å². The van der Waals surface area contributed by atoms with Crippen molar-refractivity contribution in [2.75, 3.05) is 38.0 Å². The van der Waals surface area contributed by atoms with E-state index in [1.54, 1.807) is 24.5 Å². The second-order valence-corrected chi connectivity index (χ2v) is 10.3. The van der Waals surface area contributed by atoms with Crippen molar-refractivity contribution < 1.29 is 9.18 Å². The van der Waals surface area contributed by atoms with E-state index in [1.807, 2.05) is 15.8 Å². The first-order valence-corrected chi connectivity index (χ1v) is 13.5. The molecule has 2 saturated heterocycles. The van der Waals surface area contributed by atoms with Crippen LogP contribution in [0.25, 0.3) is 11.1 Å². The number of aromatic nitrogens is 4. The highest BCUT2D eigenvalue weighted by molar-refractivity contribution is 6.30. The van der Waals surface area contributed by atoms with Crippen LogP contribution in [-0.2, 0) is 6.54 Å². The zero-order chi connectivity index (χ0) is 25.6. The van der Waals surface area contributed by atoms with E-state index in [-0.39, 0.29) is 17.8 Å². The summed E-state index contributed by atoms with van der Waals surface area (Å²) in [6.45, 7) is 5.02. The van der Waals surface area contributed by atoms with Crippen LogP contribution in [0.5, 0.6) is 0 Å². The topological polar surface area (TPSA) is 79.2 Å². The first-order chi connectivity index (χ1) is 18.1. The Bertz CT molecular complexity index is 1180. The second-order valence-electron chi connectivity index (χ2n) is 9.82. The first kappa shape index (κ1) is 25.6. The van der Waals surface area contributed by atoms with Crippen molar-refractivity contribution in [3.63, 3.8) is 0 Å². The molecule has 2 fully saturated rings. The summed E-state index contributed by atoms with van der Waals surface area (Å²) in [6, 6.07) is 6.26. The second kappa shape index (κ2) is 12.0. The Hall–Kier alpha value is -3.04. The van der Waals surface area contributed by atoms with E-state index >= 15 is 0 Å². The Morgan fingerprint density at radius 2 is 1.73 bits per heavy atom. The van der Waals surface area contributed by atoms with Gasteiger partial charge in [-0.15, -0.1) is 0 Å². The van der Waals surface area contributed by atoms with Gasteiger partial charge in [0.15, 0.2) is 5.69 Å². The molecule has 0 saturated carbocycles. The maximum absolute atomic E-state index is 13.9. The minimum Gasteiger partial charge on any atom is -0.352 e. The fraction of sp³-hybridized carbons (Fsp3) is 0.481. The van der Waals surface area contributed by atoms with Gasteiger partial charge in [-0.25, -0.2) is 14.4 Å². The van der Waals surface area contributed by atoms with Crippen molar-refractivity contribution in [1.29, 1.82) is 0 Å². The van der Waals surface area contributed by atoms with E-state index in [0.29, 0.717) is 36.3 Å². The minimum atomic E-state index is -0.305. The normalized spacial score (nSPS) is 18.6. The lowest BCUT2D eigenvalue weighted by atomic mass is 10.00. The van der Waals surface area contributed by atoms with Gasteiger partial charge in [-0.1, -0.05) is 30.2 Å². The smallest absolute Gasteiger partial charge is 0.275 e. The van der Waals surface area contributed by atoms with Crippen molar-refractivity contribution in [2.24, 2.45) is 0 Å². The lowest BCUT2D eigenvalue weighted by Gasteiger charge is -2.35. The zero-order valence-electron chi connectivity index (χ0n) is 21.0. The van der Waals surface area contributed by atoms with Crippen molar-refractivity contribution in [1.82, 2.24) is 29.5 Å². The van der Waals surface area contributed by atoms with E-state index in [9.17, 15) is 9.18 Å². The third-order valence-electron chi connectivity index (χ3n) is 7.22. The van der Waals surface area contributed by atoms with Gasteiger partial charge < -0.3 is 15.1 Å². The number of anilines is 1. The number of halogens is 2. The van der Waals surface area contributed by atoms with E-state index < -0.39 is 0 Å². The van der Waals surface area contributed by atoms with Crippen LogP contribution in [0.15, 0.2) is 42.9 Å². The Morgan fingerprint density at radius 1 is 1.00 bits per heavy atom. The predicted molar refractivity (Wildman–Crippen MR) is 142 cm³/mol. The van der Waals surface area contributed by atoms with E-state index in [2.05, 4.69) is 20.2 Å². The first-order valence-electron chi connectivity index (χ1n) is 13.1. The fourth-order valence-corrected chi connectivity index (χ4v) is 5.29. The molecule has 1 atom stereocenters. The third kappa shape index (κ3) is 6.45. The molecule has 3 aromatic rings. The SMILES string of the molecule is O=C(c1nn(CCN2CCCCC2)cc1-c1ccc(F)cc1)N1CCCCC1CNc1ncc(Cl)cn1. The summed E-state index contributed by atoms with van der Waals surface area (Å²) in [5, 5.41) is 8.50. The average molecular weight is 526 g/mol. The Morgan fingerprint density at radius 3 is 2.49 bits per heavy atom. The largest absolute Gasteiger partial charge is 0.352 e. The van der Waals surface area contributed by atoms with Gasteiger partial charge in [0.05, 0.1) is 24.0 Å². The number of carbonyl (C=O) groups is 1. The molecule has 4 heterocycles. The zero-order valence-corrected chi connectivity index (χ0v) is 21.7. The molecule has 0 spiro atoms. The van der Waals surface area contributed by atoms with Gasteiger partial charge in [-0.05, 0) is 62.9 Å². The fourth-order valence-electron chi connectivity index (χ4n) is 5.19. The Kier molecular flexibility index (Phi) is 8.31. The molecule has 5 rings (SSSR count). The number of benzene rings is 1. The summed E-state index contributed by atoms with van der Waals surface area (Å²) in [5.41, 5.74) is 1.94. The standard InChI is InChI=1S/C27H33ClFN7O/c28-21-16-30-27(31-17-21)32-18-23-6-2-5-13-36(23)26(37)25-24(20-7-9-22(29)10-8-20)19-35(33-25)15-14-34-11-3-1-4-12-34/h7-10,16-17,19,23H,1-6,11-15,18H2,(H,30,31,32). The molecule has 8 nitrogen and oxygen atoms in total. The number of rotatable bonds is 8. The van der Waals surface area contributed by atoms with Gasteiger partial charge in [0, 0.05) is 37.4 Å². The van der Waals surface area contributed by atoms with Gasteiger partial charge in [-0.3, -0.25) is 9.48 Å². The van der Waals surface area contributed by atoms with Crippen molar-refractivity contribution in [3.8, 4) is 11.1 Å².